The molecular weight excluding hydrogens is 420 g/mol. The van der Waals surface area contributed by atoms with Crippen LogP contribution in [0.5, 0.6) is 0 Å². The van der Waals surface area contributed by atoms with Crippen LogP contribution >= 0.6 is 11.6 Å². The Morgan fingerprint density at radius 2 is 1.83 bits per heavy atom. The molecule has 0 atom stereocenters. The quantitative estimate of drug-likeness (QED) is 0.389. The molecule has 2 aromatic rings. The maximum Gasteiger partial charge on any atom is 0.270 e. The fourth-order valence-corrected chi connectivity index (χ4v) is 4.38. The van der Waals surface area contributed by atoms with Crippen LogP contribution in [-0.4, -0.2) is 32.0 Å². The summed E-state index contributed by atoms with van der Waals surface area (Å²) < 4.78 is 27.3. The zero-order valence-electron chi connectivity index (χ0n) is 15.9. The van der Waals surface area contributed by atoms with E-state index in [1.54, 1.807) is 26.0 Å². The molecule has 2 rings (SSSR count). The lowest BCUT2D eigenvalue weighted by Gasteiger charge is -2.12. The van der Waals surface area contributed by atoms with Crippen molar-refractivity contribution in [2.75, 3.05) is 6.54 Å². The maximum atomic E-state index is 12.5. The number of amides is 1. The van der Waals surface area contributed by atoms with Crippen molar-refractivity contribution < 1.29 is 18.1 Å². The molecule has 154 valence electrons. The summed E-state index contributed by atoms with van der Waals surface area (Å²) >= 11 is 5.93. The molecule has 0 saturated heterocycles. The lowest BCUT2D eigenvalue weighted by molar-refractivity contribution is -0.384. The molecule has 0 fully saturated rings. The number of non-ortho nitro benzene ring substituents is 1. The standard InChI is InChI=1S/C18H19ClN4O5S/c1-11-6-12(2)18(13(3)7-11)29(27,28)21-10-17(24)22-20-9-14-8-15(23(25)26)4-5-16(14)19/h4-9,21H,10H2,1-3H3,(H,22,24). The van der Waals surface area contributed by atoms with Gasteiger partial charge in [-0.15, -0.1) is 0 Å². The fourth-order valence-electron chi connectivity index (χ4n) is 2.78. The molecule has 0 spiro atoms. The van der Waals surface area contributed by atoms with Crippen LogP contribution in [0.3, 0.4) is 0 Å². The van der Waals surface area contributed by atoms with Crippen LogP contribution in [0, 0.1) is 30.9 Å². The smallest absolute Gasteiger partial charge is 0.270 e. The minimum atomic E-state index is -3.89. The summed E-state index contributed by atoms with van der Waals surface area (Å²) in [7, 11) is -3.89. The molecule has 0 aliphatic rings. The van der Waals surface area contributed by atoms with Gasteiger partial charge in [0.15, 0.2) is 0 Å². The first-order valence-corrected chi connectivity index (χ1v) is 10.2. The van der Waals surface area contributed by atoms with E-state index in [-0.39, 0.29) is 21.2 Å². The molecule has 2 N–H and O–H groups in total. The predicted molar refractivity (Wildman–Crippen MR) is 110 cm³/mol. The van der Waals surface area contributed by atoms with E-state index >= 15 is 0 Å². The number of carbonyl (C=O) groups is 1. The average Bonchev–Trinajstić information content (AvgIpc) is 2.60. The van der Waals surface area contributed by atoms with E-state index < -0.39 is 27.4 Å². The molecule has 2 aromatic carbocycles. The number of hydrogen-bond acceptors (Lipinski definition) is 6. The largest absolute Gasteiger partial charge is 0.272 e. The van der Waals surface area contributed by atoms with Gasteiger partial charge in [-0.25, -0.2) is 18.6 Å². The van der Waals surface area contributed by atoms with Gasteiger partial charge in [-0.1, -0.05) is 29.3 Å². The highest BCUT2D eigenvalue weighted by molar-refractivity contribution is 7.89. The van der Waals surface area contributed by atoms with Crippen LogP contribution < -0.4 is 10.1 Å². The summed E-state index contributed by atoms with van der Waals surface area (Å²) in [6.07, 6.45) is 1.13. The Hall–Kier alpha value is -2.82. The Morgan fingerprint density at radius 1 is 1.21 bits per heavy atom. The maximum absolute atomic E-state index is 12.5. The highest BCUT2D eigenvalue weighted by atomic mass is 35.5. The molecule has 1 amide bonds. The number of nitrogens with zero attached hydrogens (tertiary/aromatic N) is 2. The van der Waals surface area contributed by atoms with Crippen molar-refractivity contribution in [1.82, 2.24) is 10.1 Å². The number of carbonyl (C=O) groups excluding carboxylic acids is 1. The van der Waals surface area contributed by atoms with Gasteiger partial charge in [-0.2, -0.15) is 5.10 Å². The van der Waals surface area contributed by atoms with Gasteiger partial charge >= 0.3 is 0 Å². The molecule has 0 aliphatic heterocycles. The fraction of sp³-hybridized carbons (Fsp3) is 0.222. The van der Waals surface area contributed by atoms with E-state index in [0.717, 1.165) is 11.8 Å². The predicted octanol–water partition coefficient (Wildman–Crippen LogP) is 2.60. The first-order chi connectivity index (χ1) is 13.5. The monoisotopic (exact) mass is 438 g/mol. The number of benzene rings is 2. The molecule has 0 radical (unpaired) electrons. The Labute approximate surface area is 173 Å². The average molecular weight is 439 g/mol. The summed E-state index contributed by atoms with van der Waals surface area (Å²) in [4.78, 5) is 22.2. The van der Waals surface area contributed by atoms with Crippen molar-refractivity contribution in [3.8, 4) is 0 Å². The lowest BCUT2D eigenvalue weighted by Crippen LogP contribution is -2.35. The van der Waals surface area contributed by atoms with Gasteiger partial charge in [0.05, 0.1) is 22.6 Å². The summed E-state index contributed by atoms with van der Waals surface area (Å²) in [5.74, 6) is -0.714. The van der Waals surface area contributed by atoms with Crippen molar-refractivity contribution in [2.45, 2.75) is 25.7 Å². The number of nitro benzene ring substituents is 1. The van der Waals surface area contributed by atoms with Gasteiger partial charge in [0.25, 0.3) is 11.6 Å². The van der Waals surface area contributed by atoms with Crippen molar-refractivity contribution in [1.29, 1.82) is 0 Å². The third-order valence-corrected chi connectivity index (χ3v) is 5.93. The van der Waals surface area contributed by atoms with Gasteiger partial charge in [0, 0.05) is 22.7 Å². The highest BCUT2D eigenvalue weighted by Crippen LogP contribution is 2.22. The van der Waals surface area contributed by atoms with Crippen LogP contribution in [0.15, 0.2) is 40.3 Å². The third kappa shape index (κ3) is 5.83. The van der Waals surface area contributed by atoms with E-state index in [1.807, 2.05) is 6.92 Å². The normalized spacial score (nSPS) is 11.6. The van der Waals surface area contributed by atoms with Crippen molar-refractivity contribution >= 4 is 39.4 Å². The number of aryl methyl sites for hydroxylation is 3. The zero-order chi connectivity index (χ0) is 21.8. The number of hydrazone groups is 1. The molecule has 11 heteroatoms. The van der Waals surface area contributed by atoms with Gasteiger partial charge in [-0.3, -0.25) is 14.9 Å². The molecule has 29 heavy (non-hydrogen) atoms. The van der Waals surface area contributed by atoms with Crippen LogP contribution in [0.4, 0.5) is 5.69 Å². The van der Waals surface area contributed by atoms with Gasteiger partial charge in [0.2, 0.25) is 10.0 Å². The summed E-state index contributed by atoms with van der Waals surface area (Å²) in [5, 5.41) is 14.7. The Morgan fingerprint density at radius 3 is 2.41 bits per heavy atom. The van der Waals surface area contributed by atoms with E-state index in [0.29, 0.717) is 11.1 Å². The van der Waals surface area contributed by atoms with Crippen molar-refractivity contribution in [2.24, 2.45) is 5.10 Å². The number of sulfonamides is 1. The lowest BCUT2D eigenvalue weighted by atomic mass is 10.1. The third-order valence-electron chi connectivity index (χ3n) is 3.88. The Bertz CT molecular complexity index is 1080. The number of nitro groups is 1. The van der Waals surface area contributed by atoms with E-state index in [4.69, 9.17) is 11.6 Å². The number of hydrogen-bond donors (Lipinski definition) is 2. The number of rotatable bonds is 7. The second-order valence-electron chi connectivity index (χ2n) is 6.31. The molecule has 0 unspecified atom stereocenters. The molecule has 0 aliphatic carbocycles. The molecule has 9 nitrogen and oxygen atoms in total. The van der Waals surface area contributed by atoms with Crippen LogP contribution in [0.25, 0.3) is 0 Å². The van der Waals surface area contributed by atoms with Crippen LogP contribution in [0.1, 0.15) is 22.3 Å². The SMILES string of the molecule is Cc1cc(C)c(S(=O)(=O)NCC(=O)NN=Cc2cc([N+](=O)[O-])ccc2Cl)c(C)c1. The minimum absolute atomic E-state index is 0.128. The highest BCUT2D eigenvalue weighted by Gasteiger charge is 2.20. The Balaban J connectivity index is 2.03. The first-order valence-electron chi connectivity index (χ1n) is 8.34. The van der Waals surface area contributed by atoms with Gasteiger partial charge < -0.3 is 0 Å². The van der Waals surface area contributed by atoms with Crippen LogP contribution in [0.2, 0.25) is 5.02 Å². The summed E-state index contributed by atoms with van der Waals surface area (Å²) in [5.41, 5.74) is 4.28. The van der Waals surface area contributed by atoms with E-state index in [9.17, 15) is 23.3 Å². The van der Waals surface area contributed by atoms with Crippen molar-refractivity contribution in [3.05, 3.63) is 67.7 Å². The van der Waals surface area contributed by atoms with E-state index in [1.165, 1.54) is 18.2 Å². The van der Waals surface area contributed by atoms with Crippen molar-refractivity contribution in [3.63, 3.8) is 0 Å². The molecule has 0 heterocycles. The van der Waals surface area contributed by atoms with Crippen LogP contribution in [-0.2, 0) is 14.8 Å². The first kappa shape index (κ1) is 22.5. The molecule has 0 saturated carbocycles. The van der Waals surface area contributed by atoms with E-state index in [2.05, 4.69) is 15.2 Å². The van der Waals surface area contributed by atoms with Gasteiger partial charge in [0.1, 0.15) is 0 Å². The summed E-state index contributed by atoms with van der Waals surface area (Å²) in [6.45, 7) is 4.70. The Kier molecular flexibility index (Phi) is 7.07. The number of halogens is 1. The minimum Gasteiger partial charge on any atom is -0.272 e. The summed E-state index contributed by atoms with van der Waals surface area (Å²) in [6, 6.07) is 7.26. The molecular formula is C18H19ClN4O5S. The molecule has 0 bridgehead atoms. The molecule has 0 aromatic heterocycles. The second-order valence-corrected chi connectivity index (χ2v) is 8.42. The number of nitrogens with one attached hydrogen (secondary N) is 2. The topological polar surface area (TPSA) is 131 Å². The zero-order valence-corrected chi connectivity index (χ0v) is 17.5. The van der Waals surface area contributed by atoms with Gasteiger partial charge in [-0.05, 0) is 38.0 Å². The second kappa shape index (κ2) is 9.12.